The van der Waals surface area contributed by atoms with Crippen molar-refractivity contribution in [1.29, 1.82) is 0 Å². The molecule has 1 fully saturated rings. The van der Waals surface area contributed by atoms with Crippen molar-refractivity contribution in [3.63, 3.8) is 0 Å². The molecule has 3 rings (SSSR count). The molecule has 8 nitrogen and oxygen atoms in total. The highest BCUT2D eigenvalue weighted by Crippen LogP contribution is 2.20. The Balaban J connectivity index is 1.45. The Morgan fingerprint density at radius 2 is 2.12 bits per heavy atom. The second kappa shape index (κ2) is 7.12. The van der Waals surface area contributed by atoms with Gasteiger partial charge in [-0.25, -0.2) is 4.79 Å². The smallest absolute Gasteiger partial charge is 0.416 e. The van der Waals surface area contributed by atoms with Crippen molar-refractivity contribution < 1.29 is 14.3 Å². The van der Waals surface area contributed by atoms with Gasteiger partial charge < -0.3 is 10.1 Å². The van der Waals surface area contributed by atoms with Crippen LogP contribution in [0.15, 0.2) is 36.8 Å². The maximum atomic E-state index is 11.9. The highest BCUT2D eigenvalue weighted by atomic mass is 16.6. The van der Waals surface area contributed by atoms with Gasteiger partial charge in [-0.1, -0.05) is 0 Å². The van der Waals surface area contributed by atoms with Crippen LogP contribution < -0.4 is 10.2 Å². The first-order chi connectivity index (χ1) is 11.6. The Morgan fingerprint density at radius 1 is 1.33 bits per heavy atom. The monoisotopic (exact) mass is 329 g/mol. The summed E-state index contributed by atoms with van der Waals surface area (Å²) in [6, 6.07) is 5.52. The maximum Gasteiger partial charge on any atom is 0.416 e. The number of aromatic nitrogens is 3. The third-order valence-electron chi connectivity index (χ3n) is 3.86. The number of hydrogen-bond acceptors (Lipinski definition) is 5. The van der Waals surface area contributed by atoms with Crippen LogP contribution in [0.2, 0.25) is 0 Å². The van der Waals surface area contributed by atoms with Crippen LogP contribution in [0, 0.1) is 0 Å². The first-order valence-electron chi connectivity index (χ1n) is 7.75. The van der Waals surface area contributed by atoms with Crippen LogP contribution in [0.5, 0.6) is 0 Å². The molecule has 0 aliphatic carbocycles. The summed E-state index contributed by atoms with van der Waals surface area (Å²) < 4.78 is 6.90. The highest BCUT2D eigenvalue weighted by molar-refractivity contribution is 5.88. The Kier molecular flexibility index (Phi) is 4.74. The average Bonchev–Trinajstić information content (AvgIpc) is 3.17. The molecule has 1 aliphatic rings. The minimum atomic E-state index is -0.422. The van der Waals surface area contributed by atoms with Gasteiger partial charge in [0.05, 0.1) is 19.3 Å². The molecule has 3 heterocycles. The number of hydrogen-bond donors (Lipinski definition) is 1. The summed E-state index contributed by atoms with van der Waals surface area (Å²) in [6.07, 6.45) is 5.29. The minimum Gasteiger partial charge on any atom is -0.442 e. The quantitative estimate of drug-likeness (QED) is 0.850. The standard InChI is InChI=1S/C16H19N5O3/c1-20-15(6-9-19-20)21-11-13(24-16(21)23)10-18-14(22)3-2-12-4-7-17-8-5-12/h4-9,13H,2-3,10-11H2,1H3,(H,18,22). The molecule has 2 aromatic rings. The van der Waals surface area contributed by atoms with E-state index in [1.807, 2.05) is 12.1 Å². The van der Waals surface area contributed by atoms with Gasteiger partial charge in [-0.3, -0.25) is 19.4 Å². The number of ether oxygens (including phenoxy) is 1. The number of amides is 2. The lowest BCUT2D eigenvalue weighted by Crippen LogP contribution is -2.35. The van der Waals surface area contributed by atoms with Gasteiger partial charge in [0, 0.05) is 31.9 Å². The van der Waals surface area contributed by atoms with E-state index in [1.54, 1.807) is 36.4 Å². The molecule has 1 atom stereocenters. The number of carbonyl (C=O) groups is 2. The highest BCUT2D eigenvalue weighted by Gasteiger charge is 2.33. The van der Waals surface area contributed by atoms with Crippen LogP contribution in [0.25, 0.3) is 0 Å². The third kappa shape index (κ3) is 3.70. The molecule has 0 radical (unpaired) electrons. The summed E-state index contributed by atoms with van der Waals surface area (Å²) in [4.78, 5) is 29.3. The van der Waals surface area contributed by atoms with Crippen LogP contribution in [0.3, 0.4) is 0 Å². The van der Waals surface area contributed by atoms with Gasteiger partial charge >= 0.3 is 6.09 Å². The van der Waals surface area contributed by atoms with Gasteiger partial charge in [0.25, 0.3) is 0 Å². The van der Waals surface area contributed by atoms with Crippen molar-refractivity contribution in [2.75, 3.05) is 18.0 Å². The normalized spacial score (nSPS) is 17.0. The predicted molar refractivity (Wildman–Crippen MR) is 86.4 cm³/mol. The number of carbonyl (C=O) groups excluding carboxylic acids is 2. The second-order valence-electron chi connectivity index (χ2n) is 5.59. The fourth-order valence-electron chi connectivity index (χ4n) is 2.57. The van der Waals surface area contributed by atoms with E-state index in [-0.39, 0.29) is 12.0 Å². The molecule has 1 N–H and O–H groups in total. The van der Waals surface area contributed by atoms with E-state index in [4.69, 9.17) is 4.74 Å². The lowest BCUT2D eigenvalue weighted by atomic mass is 10.1. The molecular formula is C16H19N5O3. The van der Waals surface area contributed by atoms with Gasteiger partial charge in [-0.05, 0) is 24.1 Å². The Labute approximate surface area is 139 Å². The zero-order valence-electron chi connectivity index (χ0n) is 13.4. The zero-order valence-corrected chi connectivity index (χ0v) is 13.4. The molecule has 1 aliphatic heterocycles. The molecule has 2 aromatic heterocycles. The summed E-state index contributed by atoms with van der Waals surface area (Å²) in [5, 5.41) is 6.86. The molecule has 1 unspecified atom stereocenters. The van der Waals surface area contributed by atoms with E-state index in [9.17, 15) is 9.59 Å². The molecule has 24 heavy (non-hydrogen) atoms. The number of nitrogens with zero attached hydrogens (tertiary/aromatic N) is 4. The first kappa shape index (κ1) is 16.0. The van der Waals surface area contributed by atoms with E-state index in [1.165, 1.54) is 4.90 Å². The SMILES string of the molecule is Cn1nccc1N1CC(CNC(=O)CCc2ccncc2)OC1=O. The number of cyclic esters (lactones) is 1. The Morgan fingerprint density at radius 3 is 2.83 bits per heavy atom. The van der Waals surface area contributed by atoms with Crippen molar-refractivity contribution in [1.82, 2.24) is 20.1 Å². The second-order valence-corrected chi connectivity index (χ2v) is 5.59. The zero-order chi connectivity index (χ0) is 16.9. The third-order valence-corrected chi connectivity index (χ3v) is 3.86. The van der Waals surface area contributed by atoms with Crippen LogP contribution in [0.4, 0.5) is 10.6 Å². The van der Waals surface area contributed by atoms with Crippen molar-refractivity contribution in [3.05, 3.63) is 42.4 Å². The number of rotatable bonds is 6. The number of aryl methyl sites for hydroxylation is 2. The van der Waals surface area contributed by atoms with E-state index in [2.05, 4.69) is 15.4 Å². The van der Waals surface area contributed by atoms with Gasteiger partial charge in [0.15, 0.2) is 0 Å². The number of anilines is 1. The summed E-state index contributed by atoms with van der Waals surface area (Å²) in [5.74, 6) is 0.605. The molecule has 0 bridgehead atoms. The van der Waals surface area contributed by atoms with Gasteiger partial charge in [0.1, 0.15) is 11.9 Å². The first-order valence-corrected chi connectivity index (χ1v) is 7.75. The molecule has 0 spiro atoms. The summed E-state index contributed by atoms with van der Waals surface area (Å²) >= 11 is 0. The number of nitrogens with one attached hydrogen (secondary N) is 1. The molecule has 1 saturated heterocycles. The van der Waals surface area contributed by atoms with Crippen LogP contribution >= 0.6 is 0 Å². The van der Waals surface area contributed by atoms with E-state index < -0.39 is 6.09 Å². The molecular weight excluding hydrogens is 310 g/mol. The van der Waals surface area contributed by atoms with E-state index >= 15 is 0 Å². The average molecular weight is 329 g/mol. The maximum absolute atomic E-state index is 11.9. The summed E-state index contributed by atoms with van der Waals surface area (Å²) in [7, 11) is 1.76. The topological polar surface area (TPSA) is 89.3 Å². The minimum absolute atomic E-state index is 0.0677. The molecule has 8 heteroatoms. The fraction of sp³-hybridized carbons (Fsp3) is 0.375. The molecule has 126 valence electrons. The van der Waals surface area contributed by atoms with Crippen molar-refractivity contribution in [3.8, 4) is 0 Å². The largest absolute Gasteiger partial charge is 0.442 e. The predicted octanol–water partition coefficient (Wildman–Crippen LogP) is 0.889. The van der Waals surface area contributed by atoms with Crippen LogP contribution in [0.1, 0.15) is 12.0 Å². The van der Waals surface area contributed by atoms with Gasteiger partial charge in [-0.2, -0.15) is 5.10 Å². The van der Waals surface area contributed by atoms with Crippen LogP contribution in [-0.2, 0) is 23.0 Å². The lowest BCUT2D eigenvalue weighted by molar-refractivity contribution is -0.121. The van der Waals surface area contributed by atoms with Crippen LogP contribution in [-0.4, -0.2) is 46.0 Å². The Hall–Kier alpha value is -2.90. The number of pyridine rings is 1. The van der Waals surface area contributed by atoms with Crippen molar-refractivity contribution in [2.24, 2.45) is 7.05 Å². The van der Waals surface area contributed by atoms with Crippen molar-refractivity contribution >= 4 is 17.8 Å². The molecule has 0 saturated carbocycles. The van der Waals surface area contributed by atoms with Crippen molar-refractivity contribution in [2.45, 2.75) is 18.9 Å². The lowest BCUT2D eigenvalue weighted by Gasteiger charge is -2.12. The van der Waals surface area contributed by atoms with Gasteiger partial charge in [-0.15, -0.1) is 0 Å². The van der Waals surface area contributed by atoms with Gasteiger partial charge in [0.2, 0.25) is 5.91 Å². The fourth-order valence-corrected chi connectivity index (χ4v) is 2.57. The molecule has 2 amide bonds. The Bertz CT molecular complexity index is 716. The summed E-state index contributed by atoms with van der Waals surface area (Å²) in [5.41, 5.74) is 1.06. The van der Waals surface area contributed by atoms with E-state index in [0.717, 1.165) is 5.56 Å². The molecule has 0 aromatic carbocycles. The van der Waals surface area contributed by atoms with E-state index in [0.29, 0.717) is 31.7 Å². The summed E-state index contributed by atoms with van der Waals surface area (Å²) in [6.45, 7) is 0.693.